The molecule has 0 atom stereocenters. The fourth-order valence-electron chi connectivity index (χ4n) is 1.18. The Morgan fingerprint density at radius 2 is 2.29 bits per heavy atom. The van der Waals surface area contributed by atoms with Gasteiger partial charge >= 0.3 is 0 Å². The van der Waals surface area contributed by atoms with Gasteiger partial charge in [-0.2, -0.15) is 0 Å². The topological polar surface area (TPSA) is 12.0 Å². The number of hydrogen-bond donors (Lipinski definition) is 1. The Morgan fingerprint density at radius 3 is 2.57 bits per heavy atom. The molecular formula is C6H9N. The van der Waals surface area contributed by atoms with Crippen LogP contribution in [0.2, 0.25) is 0 Å². The molecule has 1 heterocycles. The summed E-state index contributed by atoms with van der Waals surface area (Å²) in [5, 5.41) is 3.40. The molecular weight excluding hydrogens is 86.1 g/mol. The van der Waals surface area contributed by atoms with E-state index in [1.807, 2.05) is 0 Å². The van der Waals surface area contributed by atoms with Crippen LogP contribution in [0, 0.1) is 0 Å². The lowest BCUT2D eigenvalue weighted by Gasteiger charge is -2.02. The van der Waals surface area contributed by atoms with Crippen molar-refractivity contribution in [2.24, 2.45) is 0 Å². The zero-order valence-corrected chi connectivity index (χ0v) is 4.28. The quantitative estimate of drug-likeness (QED) is 0.436. The van der Waals surface area contributed by atoms with Crippen molar-refractivity contribution >= 4 is 0 Å². The van der Waals surface area contributed by atoms with E-state index in [1.54, 1.807) is 0 Å². The predicted octanol–water partition coefficient (Wildman–Crippen LogP) is 0.678. The van der Waals surface area contributed by atoms with Crippen molar-refractivity contribution in [3.05, 3.63) is 12.2 Å². The lowest BCUT2D eigenvalue weighted by Crippen LogP contribution is -2.24. The van der Waals surface area contributed by atoms with Crippen molar-refractivity contribution in [2.75, 3.05) is 6.54 Å². The zero-order chi connectivity index (χ0) is 4.74. The van der Waals surface area contributed by atoms with Gasteiger partial charge in [0.1, 0.15) is 0 Å². The summed E-state index contributed by atoms with van der Waals surface area (Å²) in [6.45, 7) is 1.22. The second kappa shape index (κ2) is 0.920. The van der Waals surface area contributed by atoms with Crippen LogP contribution < -0.4 is 5.32 Å². The molecule has 1 aliphatic heterocycles. The highest BCUT2D eigenvalue weighted by molar-refractivity contribution is 5.34. The Hall–Kier alpha value is -0.300. The monoisotopic (exact) mass is 95.1 g/mol. The van der Waals surface area contributed by atoms with E-state index < -0.39 is 0 Å². The summed E-state index contributed by atoms with van der Waals surface area (Å²) < 4.78 is 0. The van der Waals surface area contributed by atoms with Crippen LogP contribution in [0.15, 0.2) is 12.2 Å². The van der Waals surface area contributed by atoms with Crippen LogP contribution in [0.4, 0.5) is 0 Å². The van der Waals surface area contributed by atoms with Gasteiger partial charge in [-0.25, -0.2) is 0 Å². The van der Waals surface area contributed by atoms with Gasteiger partial charge in [-0.15, -0.1) is 0 Å². The second-order valence-corrected chi connectivity index (χ2v) is 2.40. The van der Waals surface area contributed by atoms with Crippen LogP contribution in [-0.2, 0) is 0 Å². The maximum atomic E-state index is 3.40. The Bertz CT molecular complexity index is 101. The van der Waals surface area contributed by atoms with E-state index in [2.05, 4.69) is 17.5 Å². The molecule has 2 rings (SSSR count). The van der Waals surface area contributed by atoms with Crippen LogP contribution >= 0.6 is 0 Å². The first-order valence-corrected chi connectivity index (χ1v) is 2.87. The van der Waals surface area contributed by atoms with E-state index in [-0.39, 0.29) is 0 Å². The molecule has 0 amide bonds. The highest BCUT2D eigenvalue weighted by Gasteiger charge is 2.35. The first kappa shape index (κ1) is 3.67. The molecule has 1 spiro atoms. The predicted molar refractivity (Wildman–Crippen MR) is 29.1 cm³/mol. The molecule has 1 N–H and O–H groups in total. The van der Waals surface area contributed by atoms with Gasteiger partial charge in [0.15, 0.2) is 0 Å². The summed E-state index contributed by atoms with van der Waals surface area (Å²) in [6, 6.07) is 0. The van der Waals surface area contributed by atoms with E-state index in [0.717, 1.165) is 0 Å². The maximum absolute atomic E-state index is 3.40. The lowest BCUT2D eigenvalue weighted by atomic mass is 10.2. The summed E-state index contributed by atoms with van der Waals surface area (Å²) in [5.41, 5.74) is 0.444. The van der Waals surface area contributed by atoms with Gasteiger partial charge in [0, 0.05) is 0 Å². The Kier molecular flexibility index (Phi) is 0.482. The lowest BCUT2D eigenvalue weighted by molar-refractivity contribution is 0.657. The smallest absolute Gasteiger partial charge is 0.0552 e. The van der Waals surface area contributed by atoms with E-state index in [4.69, 9.17) is 0 Å². The Balaban J connectivity index is 2.09. The molecule has 7 heavy (non-hydrogen) atoms. The molecule has 0 unspecified atom stereocenters. The molecule has 0 aromatic rings. The summed E-state index contributed by atoms with van der Waals surface area (Å²) in [5.74, 6) is 0. The van der Waals surface area contributed by atoms with E-state index in [1.165, 1.54) is 19.4 Å². The van der Waals surface area contributed by atoms with Crippen molar-refractivity contribution in [2.45, 2.75) is 18.4 Å². The fourth-order valence-corrected chi connectivity index (χ4v) is 1.18. The molecule has 38 valence electrons. The van der Waals surface area contributed by atoms with Crippen molar-refractivity contribution in [1.29, 1.82) is 0 Å². The van der Waals surface area contributed by atoms with Crippen molar-refractivity contribution in [3.8, 4) is 0 Å². The van der Waals surface area contributed by atoms with Gasteiger partial charge < -0.3 is 5.32 Å². The summed E-state index contributed by atoms with van der Waals surface area (Å²) in [4.78, 5) is 0. The minimum Gasteiger partial charge on any atom is -0.305 e. The minimum atomic E-state index is 0.444. The molecule has 1 nitrogen and oxygen atoms in total. The Morgan fingerprint density at radius 1 is 1.43 bits per heavy atom. The van der Waals surface area contributed by atoms with Crippen molar-refractivity contribution < 1.29 is 0 Å². The molecule has 1 aliphatic carbocycles. The van der Waals surface area contributed by atoms with Gasteiger partial charge in [0.05, 0.1) is 5.54 Å². The van der Waals surface area contributed by atoms with Crippen LogP contribution in [0.5, 0.6) is 0 Å². The number of rotatable bonds is 0. The first-order chi connectivity index (χ1) is 3.41. The molecule has 0 aromatic carbocycles. The first-order valence-electron chi connectivity index (χ1n) is 2.87. The third kappa shape index (κ3) is 0.416. The highest BCUT2D eigenvalue weighted by Crippen LogP contribution is 2.32. The summed E-state index contributed by atoms with van der Waals surface area (Å²) >= 11 is 0. The van der Waals surface area contributed by atoms with Crippen LogP contribution in [0.3, 0.4) is 0 Å². The largest absolute Gasteiger partial charge is 0.305 e. The third-order valence-corrected chi connectivity index (χ3v) is 1.79. The van der Waals surface area contributed by atoms with Crippen molar-refractivity contribution in [1.82, 2.24) is 5.32 Å². The highest BCUT2D eigenvalue weighted by atomic mass is 15.0. The summed E-state index contributed by atoms with van der Waals surface area (Å²) in [7, 11) is 0. The normalized spacial score (nSPS) is 32.0. The van der Waals surface area contributed by atoms with Crippen molar-refractivity contribution in [3.63, 3.8) is 0 Å². The van der Waals surface area contributed by atoms with Gasteiger partial charge in [-0.3, -0.25) is 0 Å². The third-order valence-electron chi connectivity index (χ3n) is 1.79. The molecule has 0 bridgehead atoms. The molecule has 1 saturated heterocycles. The SMILES string of the molecule is C1=CC12CCCN2. The minimum absolute atomic E-state index is 0.444. The van der Waals surface area contributed by atoms with Crippen LogP contribution in [-0.4, -0.2) is 12.1 Å². The van der Waals surface area contributed by atoms with Crippen LogP contribution in [0.1, 0.15) is 12.8 Å². The fraction of sp³-hybridized carbons (Fsp3) is 0.667. The van der Waals surface area contributed by atoms with E-state index in [9.17, 15) is 0 Å². The average molecular weight is 95.1 g/mol. The zero-order valence-electron chi connectivity index (χ0n) is 4.28. The number of hydrogen-bond acceptors (Lipinski definition) is 1. The molecule has 2 aliphatic rings. The number of nitrogens with one attached hydrogen (secondary N) is 1. The molecule has 1 fully saturated rings. The molecule has 0 aromatic heterocycles. The maximum Gasteiger partial charge on any atom is 0.0552 e. The van der Waals surface area contributed by atoms with Gasteiger partial charge in [-0.05, 0) is 19.4 Å². The molecule has 0 saturated carbocycles. The Labute approximate surface area is 43.4 Å². The van der Waals surface area contributed by atoms with Crippen LogP contribution in [0.25, 0.3) is 0 Å². The second-order valence-electron chi connectivity index (χ2n) is 2.40. The molecule has 1 heteroatoms. The summed E-state index contributed by atoms with van der Waals surface area (Å²) in [6.07, 6.45) is 7.19. The molecule has 0 radical (unpaired) electrons. The van der Waals surface area contributed by atoms with Gasteiger partial charge in [0.2, 0.25) is 0 Å². The van der Waals surface area contributed by atoms with E-state index >= 15 is 0 Å². The van der Waals surface area contributed by atoms with Gasteiger partial charge in [0.25, 0.3) is 0 Å². The van der Waals surface area contributed by atoms with E-state index in [0.29, 0.717) is 5.54 Å². The average Bonchev–Trinajstić information content (AvgIpc) is 2.15. The standard InChI is InChI=1S/C6H9N/c1-2-6(3-4-6)7-5-1/h3-4,7H,1-2,5H2. The van der Waals surface area contributed by atoms with Gasteiger partial charge in [-0.1, -0.05) is 12.2 Å².